The van der Waals surface area contributed by atoms with E-state index in [1.54, 1.807) is 15.6 Å². The maximum absolute atomic E-state index is 14.7. The molecule has 1 aromatic carbocycles. The summed E-state index contributed by atoms with van der Waals surface area (Å²) < 4.78 is 30.3. The Bertz CT molecular complexity index is 1310. The molecule has 1 unspecified atom stereocenters. The van der Waals surface area contributed by atoms with E-state index in [0.29, 0.717) is 36.1 Å². The highest BCUT2D eigenvalue weighted by atomic mass is 79.9. The molecule has 1 aliphatic rings. The van der Waals surface area contributed by atoms with Crippen molar-refractivity contribution < 1.29 is 18.7 Å². The van der Waals surface area contributed by atoms with Crippen LogP contribution in [-0.2, 0) is 16.2 Å². The van der Waals surface area contributed by atoms with Crippen LogP contribution >= 0.6 is 37.6 Å². The van der Waals surface area contributed by atoms with Gasteiger partial charge in [-0.05, 0) is 80.4 Å². The van der Waals surface area contributed by atoms with Crippen LogP contribution in [-0.4, -0.2) is 75.2 Å². The van der Waals surface area contributed by atoms with Crippen LogP contribution in [0.15, 0.2) is 29.0 Å². The van der Waals surface area contributed by atoms with Gasteiger partial charge in [0.05, 0.1) is 22.6 Å². The van der Waals surface area contributed by atoms with Crippen LogP contribution in [0.5, 0.6) is 0 Å². The zero-order valence-electron chi connectivity index (χ0n) is 22.9. The number of hydrogen-bond acceptors (Lipinski definition) is 4. The Balaban J connectivity index is 1.64. The lowest BCUT2D eigenvalue weighted by molar-refractivity contribution is 0.0174. The number of halogens is 3. The van der Waals surface area contributed by atoms with Gasteiger partial charge in [-0.3, -0.25) is 0 Å². The molecule has 0 saturated carbocycles. The first kappa shape index (κ1) is 29.2. The van der Waals surface area contributed by atoms with Crippen LogP contribution in [0, 0.1) is 5.82 Å². The summed E-state index contributed by atoms with van der Waals surface area (Å²) >= 11 is 9.95. The lowest BCUT2D eigenvalue weighted by atomic mass is 10.1. The van der Waals surface area contributed by atoms with Crippen molar-refractivity contribution in [1.29, 1.82) is 0 Å². The second kappa shape index (κ2) is 11.4. The summed E-state index contributed by atoms with van der Waals surface area (Å²) in [6.45, 7) is 7.66. The third kappa shape index (κ3) is 7.06. The van der Waals surface area contributed by atoms with Gasteiger partial charge >= 0.3 is 6.09 Å². The first-order chi connectivity index (χ1) is 17.7. The Morgan fingerprint density at radius 1 is 1.24 bits per heavy atom. The van der Waals surface area contributed by atoms with E-state index >= 15 is 0 Å². The first-order valence-electron chi connectivity index (χ1n) is 12.7. The number of nitrogens with zero attached hydrogens (tertiary/aromatic N) is 4. The maximum atomic E-state index is 14.7. The van der Waals surface area contributed by atoms with Gasteiger partial charge in [0.1, 0.15) is 18.1 Å². The van der Waals surface area contributed by atoms with Crippen molar-refractivity contribution in [2.45, 2.75) is 52.0 Å². The van der Waals surface area contributed by atoms with Crippen molar-refractivity contribution in [3.63, 3.8) is 0 Å². The minimum Gasteiger partial charge on any atom is -0.444 e. The molecule has 210 valence electrons. The van der Waals surface area contributed by atoms with Gasteiger partial charge < -0.3 is 18.9 Å². The Hall–Kier alpha value is -1.75. The van der Waals surface area contributed by atoms with Crippen molar-refractivity contribution in [1.82, 2.24) is 19.2 Å². The molecular weight excluding hydrogens is 595 g/mol. The van der Waals surface area contributed by atoms with E-state index < -0.39 is 15.6 Å². The number of piperidine rings is 1. The van der Waals surface area contributed by atoms with E-state index in [2.05, 4.69) is 44.4 Å². The highest BCUT2D eigenvalue weighted by Crippen LogP contribution is 2.39. The standard InChI is InChI=1S/C27H37BrClFN4O3S/c1-27(2,3)37-26(35)32-9-7-8-18(14-32)34-16-20(19-12-22(28)23(30)13-24(19)34)21-15-33(31-25(21)29)17-36-10-11-38(4,5)6/h12-13,15-16,18H,7-11,14,17H2,1-6H3. The summed E-state index contributed by atoms with van der Waals surface area (Å²) in [7, 11) is -0.634. The zero-order chi connectivity index (χ0) is 27.8. The van der Waals surface area contributed by atoms with Gasteiger partial charge in [-0.1, -0.05) is 11.6 Å². The number of hydrogen-bond donors (Lipinski definition) is 0. The van der Waals surface area contributed by atoms with E-state index in [1.165, 1.54) is 6.07 Å². The molecule has 1 aliphatic heterocycles. The minimum atomic E-state index is -0.634. The quantitative estimate of drug-likeness (QED) is 0.257. The van der Waals surface area contributed by atoms with E-state index in [4.69, 9.17) is 21.1 Å². The lowest BCUT2D eigenvalue weighted by Gasteiger charge is -2.35. The largest absolute Gasteiger partial charge is 0.444 e. The summed E-state index contributed by atoms with van der Waals surface area (Å²) in [5.41, 5.74) is 1.77. The molecule has 1 amide bonds. The van der Waals surface area contributed by atoms with Crippen molar-refractivity contribution in [3.8, 4) is 11.1 Å². The average molecular weight is 632 g/mol. The second-order valence-electron chi connectivity index (χ2n) is 11.7. The molecular formula is C27H37BrClFN4O3S. The molecule has 11 heteroatoms. The lowest BCUT2D eigenvalue weighted by Crippen LogP contribution is -2.43. The summed E-state index contributed by atoms with van der Waals surface area (Å²) in [6, 6.07) is 3.28. The number of rotatable bonds is 7. The number of amides is 1. The fourth-order valence-electron chi connectivity index (χ4n) is 4.55. The molecule has 0 aliphatic carbocycles. The molecule has 0 radical (unpaired) electrons. The highest BCUT2D eigenvalue weighted by molar-refractivity contribution is 9.10. The molecule has 0 N–H and O–H groups in total. The first-order valence-corrected chi connectivity index (χ1v) is 16.9. The summed E-state index contributed by atoms with van der Waals surface area (Å²) in [5.74, 6) is 0.670. The predicted octanol–water partition coefficient (Wildman–Crippen LogP) is 7.30. The SMILES string of the molecule is CC(C)(C)OC(=O)N1CCCC(n2cc(-c3cn(COCCS(C)(C)C)nc3Cl)c3cc(Br)c(F)cc32)C1. The fourth-order valence-corrected chi connectivity index (χ4v) is 5.76. The fraction of sp³-hybridized carbons (Fsp3) is 0.556. The predicted molar refractivity (Wildman–Crippen MR) is 158 cm³/mol. The Morgan fingerprint density at radius 2 is 1.97 bits per heavy atom. The van der Waals surface area contributed by atoms with E-state index in [-0.39, 0.29) is 18.0 Å². The summed E-state index contributed by atoms with van der Waals surface area (Å²) in [4.78, 5) is 14.5. The number of aromatic nitrogens is 3. The van der Waals surface area contributed by atoms with Crippen LogP contribution in [0.2, 0.25) is 5.15 Å². The van der Waals surface area contributed by atoms with Crippen molar-refractivity contribution in [2.75, 3.05) is 44.2 Å². The van der Waals surface area contributed by atoms with Gasteiger partial charge in [-0.25, -0.2) is 23.9 Å². The van der Waals surface area contributed by atoms with E-state index in [0.717, 1.165) is 40.6 Å². The van der Waals surface area contributed by atoms with Gasteiger partial charge in [-0.15, -0.1) is 0 Å². The number of ether oxygens (including phenoxy) is 2. The van der Waals surface area contributed by atoms with Gasteiger partial charge in [0, 0.05) is 47.7 Å². The smallest absolute Gasteiger partial charge is 0.410 e. The zero-order valence-corrected chi connectivity index (χ0v) is 26.1. The van der Waals surface area contributed by atoms with Crippen molar-refractivity contribution in [3.05, 3.63) is 40.0 Å². The molecule has 1 atom stereocenters. The van der Waals surface area contributed by atoms with Crippen LogP contribution in [0.1, 0.15) is 39.7 Å². The molecule has 1 saturated heterocycles. The van der Waals surface area contributed by atoms with Crippen LogP contribution in [0.4, 0.5) is 9.18 Å². The average Bonchev–Trinajstić information content (AvgIpc) is 3.35. The van der Waals surface area contributed by atoms with Crippen molar-refractivity contribution >= 4 is 54.6 Å². The van der Waals surface area contributed by atoms with Crippen molar-refractivity contribution in [2.24, 2.45) is 0 Å². The third-order valence-electron chi connectivity index (χ3n) is 6.39. The number of carbonyl (C=O) groups excluding carboxylic acids is 1. The molecule has 3 heterocycles. The molecule has 4 rings (SSSR count). The summed E-state index contributed by atoms with van der Waals surface area (Å²) in [5, 5.41) is 5.67. The topological polar surface area (TPSA) is 61.5 Å². The molecule has 3 aromatic rings. The Labute approximate surface area is 239 Å². The van der Waals surface area contributed by atoms with Gasteiger partial charge in [0.15, 0.2) is 5.15 Å². The Kier molecular flexibility index (Phi) is 8.76. The maximum Gasteiger partial charge on any atom is 0.410 e. The van der Waals surface area contributed by atoms with E-state index in [1.807, 2.05) is 33.2 Å². The number of benzene rings is 1. The molecule has 0 bridgehead atoms. The van der Waals surface area contributed by atoms with Crippen LogP contribution in [0.25, 0.3) is 22.0 Å². The second-order valence-corrected chi connectivity index (χ2v) is 17.5. The van der Waals surface area contributed by atoms with E-state index in [9.17, 15) is 9.18 Å². The number of carbonyl (C=O) groups is 1. The number of fused-ring (bicyclic) bond motifs is 1. The van der Waals surface area contributed by atoms with Gasteiger partial charge in [-0.2, -0.15) is 5.10 Å². The minimum absolute atomic E-state index is 0.0369. The molecule has 1 fully saturated rings. The normalized spacial score (nSPS) is 17.3. The van der Waals surface area contributed by atoms with Gasteiger partial charge in [0.25, 0.3) is 0 Å². The van der Waals surface area contributed by atoms with Crippen LogP contribution in [0.3, 0.4) is 0 Å². The molecule has 38 heavy (non-hydrogen) atoms. The highest BCUT2D eigenvalue weighted by Gasteiger charge is 2.30. The molecule has 7 nitrogen and oxygen atoms in total. The summed E-state index contributed by atoms with van der Waals surface area (Å²) in [6.07, 6.45) is 12.0. The Morgan fingerprint density at radius 3 is 2.66 bits per heavy atom. The monoisotopic (exact) mass is 630 g/mol. The number of likely N-dealkylation sites (tertiary alicyclic amines) is 1. The van der Waals surface area contributed by atoms with Gasteiger partial charge in [0.2, 0.25) is 0 Å². The molecule has 2 aromatic heterocycles. The van der Waals surface area contributed by atoms with Crippen LogP contribution < -0.4 is 0 Å². The molecule has 0 spiro atoms. The third-order valence-corrected chi connectivity index (χ3v) is 8.67.